The third kappa shape index (κ3) is 3.66. The van der Waals surface area contributed by atoms with Crippen LogP contribution in [-0.2, 0) is 0 Å². The van der Waals surface area contributed by atoms with Crippen molar-refractivity contribution in [2.45, 2.75) is 13.8 Å². The summed E-state index contributed by atoms with van der Waals surface area (Å²) in [6.07, 6.45) is 0. The van der Waals surface area contributed by atoms with E-state index in [4.69, 9.17) is 0 Å². The van der Waals surface area contributed by atoms with Crippen molar-refractivity contribution >= 4 is 0 Å². The Morgan fingerprint density at radius 1 is 0.294 bits per heavy atom. The molecule has 182 valence electrons. The minimum Gasteiger partial charge on any atom is -0.444 e. The van der Waals surface area contributed by atoms with Crippen LogP contribution in [0.25, 0.3) is 0 Å². The van der Waals surface area contributed by atoms with E-state index in [0.717, 1.165) is 0 Å². The zero-order valence-electron chi connectivity index (χ0n) is 16.4. The summed E-state index contributed by atoms with van der Waals surface area (Å²) in [4.78, 5) is 0. The van der Waals surface area contributed by atoms with Crippen molar-refractivity contribution in [1.82, 2.24) is 0 Å². The van der Waals surface area contributed by atoms with Gasteiger partial charge in [0.05, 0.1) is 0 Å². The third-order valence-electron chi connectivity index (χ3n) is 4.48. The van der Waals surface area contributed by atoms with Gasteiger partial charge in [-0.15, -0.1) is 0 Å². The smallest absolute Gasteiger partial charge is 0.208 e. The average Bonchev–Trinajstić information content (AvgIpc) is 2.81. The molecule has 0 atom stereocenters. The van der Waals surface area contributed by atoms with Gasteiger partial charge in [0.25, 0.3) is 0 Å². The van der Waals surface area contributed by atoms with Crippen molar-refractivity contribution in [1.29, 1.82) is 0 Å². The molecule has 0 radical (unpaired) electrons. The quantitative estimate of drug-likeness (QED) is 0.269. The summed E-state index contributed by atoms with van der Waals surface area (Å²) in [6, 6.07) is 0. The lowest BCUT2D eigenvalue weighted by Crippen LogP contribution is -2.09. The van der Waals surface area contributed by atoms with Gasteiger partial charge in [0.1, 0.15) is 0 Å². The molecule has 3 aromatic rings. The highest BCUT2D eigenvalue weighted by Crippen LogP contribution is 2.42. The summed E-state index contributed by atoms with van der Waals surface area (Å²) in [5, 5.41) is 0. The molecule has 34 heavy (non-hydrogen) atoms. The normalized spacial score (nSPS) is 11.2. The maximum Gasteiger partial charge on any atom is 0.208 e. The van der Waals surface area contributed by atoms with Crippen LogP contribution in [0, 0.1) is 83.7 Å². The molecular formula is C20H6F12O2. The molecule has 0 fully saturated rings. The summed E-state index contributed by atoms with van der Waals surface area (Å²) < 4.78 is 175. The zero-order valence-corrected chi connectivity index (χ0v) is 16.4. The Bertz CT molecular complexity index is 1160. The van der Waals surface area contributed by atoms with Crippen LogP contribution in [-0.4, -0.2) is 0 Å². The van der Waals surface area contributed by atoms with E-state index in [1.807, 2.05) is 0 Å². The summed E-state index contributed by atoms with van der Waals surface area (Å²) in [6.45, 7) is 1.17. The van der Waals surface area contributed by atoms with Crippen molar-refractivity contribution in [2.24, 2.45) is 0 Å². The summed E-state index contributed by atoms with van der Waals surface area (Å²) >= 11 is 0. The van der Waals surface area contributed by atoms with Crippen molar-refractivity contribution in [3.8, 4) is 23.0 Å². The van der Waals surface area contributed by atoms with Gasteiger partial charge in [-0.05, 0) is 13.8 Å². The SMILES string of the molecule is Cc1c(F)c(F)c(Oc2c(F)c(F)c(Oc3c(F)c(F)c(C)c(F)c3F)c(F)c2F)c(F)c1F. The van der Waals surface area contributed by atoms with E-state index in [0.29, 0.717) is 13.8 Å². The fourth-order valence-electron chi connectivity index (χ4n) is 2.60. The van der Waals surface area contributed by atoms with Gasteiger partial charge >= 0.3 is 0 Å². The van der Waals surface area contributed by atoms with Gasteiger partial charge in [0, 0.05) is 11.1 Å². The molecule has 0 spiro atoms. The number of hydrogen-bond donors (Lipinski definition) is 0. The fourth-order valence-corrected chi connectivity index (χ4v) is 2.60. The van der Waals surface area contributed by atoms with E-state index in [1.165, 1.54) is 0 Å². The maximum atomic E-state index is 14.3. The second-order valence-corrected chi connectivity index (χ2v) is 6.54. The molecule has 0 amide bonds. The van der Waals surface area contributed by atoms with Crippen LogP contribution in [0.15, 0.2) is 0 Å². The third-order valence-corrected chi connectivity index (χ3v) is 4.48. The molecule has 0 aromatic heterocycles. The molecule has 0 saturated heterocycles. The number of benzene rings is 3. The monoisotopic (exact) mass is 506 g/mol. The molecule has 0 aliphatic rings. The first-order valence-electron chi connectivity index (χ1n) is 8.58. The van der Waals surface area contributed by atoms with Gasteiger partial charge in [-0.3, -0.25) is 0 Å². The predicted molar refractivity (Wildman–Crippen MR) is 88.4 cm³/mol. The number of rotatable bonds is 4. The molecule has 0 bridgehead atoms. The minimum atomic E-state index is -2.66. The lowest BCUT2D eigenvalue weighted by Gasteiger charge is -2.16. The maximum absolute atomic E-state index is 14.3. The second kappa shape index (κ2) is 8.65. The lowest BCUT2D eigenvalue weighted by molar-refractivity contribution is 0.297. The Balaban J connectivity index is 2.18. The Hall–Kier alpha value is -3.58. The van der Waals surface area contributed by atoms with Crippen LogP contribution < -0.4 is 9.47 Å². The summed E-state index contributed by atoms with van der Waals surface area (Å²) in [5.41, 5.74) is -2.41. The number of halogens is 12. The molecule has 0 N–H and O–H groups in total. The van der Waals surface area contributed by atoms with Crippen molar-refractivity contribution in [3.05, 3.63) is 80.9 Å². The molecule has 0 unspecified atom stereocenters. The Morgan fingerprint density at radius 3 is 0.618 bits per heavy atom. The molecule has 2 nitrogen and oxygen atoms in total. The van der Waals surface area contributed by atoms with Crippen molar-refractivity contribution < 1.29 is 62.2 Å². The van der Waals surface area contributed by atoms with Crippen molar-refractivity contribution in [2.75, 3.05) is 0 Å². The molecule has 0 aliphatic carbocycles. The van der Waals surface area contributed by atoms with Crippen LogP contribution in [0.2, 0.25) is 0 Å². The van der Waals surface area contributed by atoms with Crippen LogP contribution in [0.1, 0.15) is 11.1 Å². The summed E-state index contributed by atoms with van der Waals surface area (Å²) in [5.74, 6) is -37.1. The second-order valence-electron chi connectivity index (χ2n) is 6.54. The van der Waals surface area contributed by atoms with Gasteiger partial charge < -0.3 is 9.47 Å². The lowest BCUT2D eigenvalue weighted by atomic mass is 10.2. The molecule has 0 aliphatic heterocycles. The first-order chi connectivity index (χ1) is 15.7. The molecule has 14 heteroatoms. The van der Waals surface area contributed by atoms with Gasteiger partial charge in [-0.25, -0.2) is 17.6 Å². The van der Waals surface area contributed by atoms with Crippen LogP contribution in [0.4, 0.5) is 52.7 Å². The van der Waals surface area contributed by atoms with E-state index in [9.17, 15) is 52.7 Å². The molecule has 3 aromatic carbocycles. The average molecular weight is 506 g/mol. The van der Waals surface area contributed by atoms with Gasteiger partial charge in [-0.2, -0.15) is 35.1 Å². The Labute approximate surface area is 180 Å². The minimum absolute atomic E-state index is 0.586. The summed E-state index contributed by atoms with van der Waals surface area (Å²) in [7, 11) is 0. The largest absolute Gasteiger partial charge is 0.444 e. The van der Waals surface area contributed by atoms with E-state index in [1.54, 1.807) is 0 Å². The van der Waals surface area contributed by atoms with Crippen LogP contribution >= 0.6 is 0 Å². The highest BCUT2D eigenvalue weighted by Gasteiger charge is 2.34. The Kier molecular flexibility index (Phi) is 6.37. The van der Waals surface area contributed by atoms with Crippen LogP contribution in [0.5, 0.6) is 23.0 Å². The van der Waals surface area contributed by atoms with E-state index in [-0.39, 0.29) is 0 Å². The Morgan fingerprint density at radius 2 is 0.441 bits per heavy atom. The standard InChI is InChI=1S/C20H6F12O2/c1-3-5(21)9(25)17(10(26)6(3)22)33-19-13(29)15(31)20(16(32)14(19)30)34-18-11(27)7(23)4(2)8(24)12(18)28/h1-2H3. The number of ether oxygens (including phenoxy) is 2. The van der Waals surface area contributed by atoms with Crippen LogP contribution in [0.3, 0.4) is 0 Å². The molecule has 0 heterocycles. The van der Waals surface area contributed by atoms with E-state index < -0.39 is 104 Å². The van der Waals surface area contributed by atoms with Gasteiger partial charge in [0.15, 0.2) is 23.3 Å². The highest BCUT2D eigenvalue weighted by atomic mass is 19.2. The van der Waals surface area contributed by atoms with E-state index in [2.05, 4.69) is 9.47 Å². The van der Waals surface area contributed by atoms with Gasteiger partial charge in [0.2, 0.25) is 69.5 Å². The molecule has 3 rings (SSSR count). The number of hydrogen-bond acceptors (Lipinski definition) is 2. The molecular weight excluding hydrogens is 500 g/mol. The fraction of sp³-hybridized carbons (Fsp3) is 0.100. The van der Waals surface area contributed by atoms with Gasteiger partial charge in [-0.1, -0.05) is 0 Å². The predicted octanol–water partition coefficient (Wildman–Crippen LogP) is 7.56. The van der Waals surface area contributed by atoms with E-state index >= 15 is 0 Å². The highest BCUT2D eigenvalue weighted by molar-refractivity contribution is 5.45. The van der Waals surface area contributed by atoms with Crippen molar-refractivity contribution in [3.63, 3.8) is 0 Å². The topological polar surface area (TPSA) is 18.5 Å². The first kappa shape index (κ1) is 25.1. The first-order valence-corrected chi connectivity index (χ1v) is 8.58. The molecule has 0 saturated carbocycles. The zero-order chi connectivity index (χ0) is 25.8.